The van der Waals surface area contributed by atoms with Gasteiger partial charge in [0.05, 0.1) is 17.7 Å². The van der Waals surface area contributed by atoms with Gasteiger partial charge in [-0.25, -0.2) is 8.42 Å². The molecule has 0 saturated carbocycles. The largest absolute Gasteiger partial charge is 0.495 e. The van der Waals surface area contributed by atoms with Crippen LogP contribution in [-0.4, -0.2) is 28.5 Å². The lowest BCUT2D eigenvalue weighted by Gasteiger charge is -2.21. The van der Waals surface area contributed by atoms with Gasteiger partial charge in [0.1, 0.15) is 5.75 Å². The van der Waals surface area contributed by atoms with Crippen molar-refractivity contribution in [1.29, 1.82) is 0 Å². The Bertz CT molecular complexity index is 1170. The Labute approximate surface area is 177 Å². The second-order valence-corrected chi connectivity index (χ2v) is 8.91. The predicted molar refractivity (Wildman–Crippen MR) is 119 cm³/mol. The normalized spacial score (nSPS) is 11.1. The second-order valence-electron chi connectivity index (χ2n) is 6.94. The maximum absolute atomic E-state index is 13.0. The van der Waals surface area contributed by atoms with Gasteiger partial charge in [0.15, 0.2) is 0 Å². The van der Waals surface area contributed by atoms with Gasteiger partial charge in [-0.2, -0.15) is 0 Å². The van der Waals surface area contributed by atoms with Gasteiger partial charge in [-0.3, -0.25) is 9.10 Å². The third kappa shape index (κ3) is 4.31. The first-order valence-electron chi connectivity index (χ1n) is 9.34. The van der Waals surface area contributed by atoms with E-state index in [1.54, 1.807) is 24.3 Å². The quantitative estimate of drug-likeness (QED) is 0.637. The first-order valence-corrected chi connectivity index (χ1v) is 10.8. The molecule has 0 radical (unpaired) electrons. The van der Waals surface area contributed by atoms with E-state index in [0.29, 0.717) is 17.0 Å². The molecule has 0 atom stereocenters. The fourth-order valence-corrected chi connectivity index (χ4v) is 4.23. The molecule has 0 aliphatic rings. The van der Waals surface area contributed by atoms with Gasteiger partial charge < -0.3 is 10.1 Å². The number of rotatable bonds is 6. The molecule has 0 aliphatic carbocycles. The van der Waals surface area contributed by atoms with Crippen molar-refractivity contribution in [2.24, 2.45) is 0 Å². The van der Waals surface area contributed by atoms with Crippen LogP contribution in [0, 0.1) is 13.8 Å². The van der Waals surface area contributed by atoms with Gasteiger partial charge >= 0.3 is 0 Å². The zero-order chi connectivity index (χ0) is 21.9. The van der Waals surface area contributed by atoms with Crippen LogP contribution in [0.15, 0.2) is 71.6 Å². The van der Waals surface area contributed by atoms with Gasteiger partial charge in [-0.1, -0.05) is 24.3 Å². The summed E-state index contributed by atoms with van der Waals surface area (Å²) in [5.74, 6) is 0.152. The molecule has 7 heteroatoms. The number of aryl methyl sites for hydroxylation is 2. The zero-order valence-corrected chi connectivity index (χ0v) is 18.2. The van der Waals surface area contributed by atoms with Crippen LogP contribution in [0.2, 0.25) is 0 Å². The molecule has 0 fully saturated rings. The number of nitrogens with one attached hydrogen (secondary N) is 1. The Kier molecular flexibility index (Phi) is 6.12. The van der Waals surface area contributed by atoms with Crippen molar-refractivity contribution in [3.05, 3.63) is 83.4 Å². The highest BCUT2D eigenvalue weighted by molar-refractivity contribution is 7.92. The Morgan fingerprint density at radius 2 is 1.63 bits per heavy atom. The lowest BCUT2D eigenvalue weighted by atomic mass is 10.1. The molecule has 0 heterocycles. The summed E-state index contributed by atoms with van der Waals surface area (Å²) >= 11 is 0. The maximum Gasteiger partial charge on any atom is 0.264 e. The van der Waals surface area contributed by atoms with E-state index in [-0.39, 0.29) is 10.8 Å². The van der Waals surface area contributed by atoms with Gasteiger partial charge in [-0.15, -0.1) is 0 Å². The second kappa shape index (κ2) is 8.59. The molecule has 0 aliphatic heterocycles. The lowest BCUT2D eigenvalue weighted by molar-refractivity contribution is 0.102. The highest BCUT2D eigenvalue weighted by Gasteiger charge is 2.24. The summed E-state index contributed by atoms with van der Waals surface area (Å²) in [5, 5.41) is 2.87. The Balaban J connectivity index is 1.83. The maximum atomic E-state index is 13.0. The molecule has 0 bridgehead atoms. The molecular formula is C23H24N2O4S. The molecule has 0 unspecified atom stereocenters. The van der Waals surface area contributed by atoms with Crippen LogP contribution < -0.4 is 14.4 Å². The highest BCUT2D eigenvalue weighted by Crippen LogP contribution is 2.31. The molecular weight excluding hydrogens is 400 g/mol. The van der Waals surface area contributed by atoms with Gasteiger partial charge in [0.2, 0.25) is 0 Å². The average molecular weight is 425 g/mol. The average Bonchev–Trinajstić information content (AvgIpc) is 2.75. The molecule has 3 aromatic rings. The van der Waals surface area contributed by atoms with Gasteiger partial charge in [0.25, 0.3) is 15.9 Å². The number of anilines is 2. The number of para-hydroxylation sites is 2. The minimum atomic E-state index is -3.82. The van der Waals surface area contributed by atoms with Crippen LogP contribution >= 0.6 is 0 Å². The number of benzene rings is 3. The summed E-state index contributed by atoms with van der Waals surface area (Å²) in [4.78, 5) is 12.7. The number of hydrogen-bond donors (Lipinski definition) is 1. The number of ether oxygens (including phenoxy) is 1. The van der Waals surface area contributed by atoms with Crippen molar-refractivity contribution in [3.63, 3.8) is 0 Å². The Hall–Kier alpha value is -3.32. The summed E-state index contributed by atoms with van der Waals surface area (Å²) in [7, 11) is -0.861. The SMILES string of the molecule is COc1ccccc1N(C)S(=O)(=O)c1ccc(C(=O)Nc2cc(C)ccc2C)cc1. The molecule has 0 saturated heterocycles. The third-order valence-electron chi connectivity index (χ3n) is 4.84. The van der Waals surface area contributed by atoms with Crippen molar-refractivity contribution in [1.82, 2.24) is 0 Å². The lowest BCUT2D eigenvalue weighted by Crippen LogP contribution is -2.27. The number of carbonyl (C=O) groups excluding carboxylic acids is 1. The smallest absolute Gasteiger partial charge is 0.264 e. The molecule has 6 nitrogen and oxygen atoms in total. The van der Waals surface area contributed by atoms with E-state index in [9.17, 15) is 13.2 Å². The zero-order valence-electron chi connectivity index (χ0n) is 17.3. The number of methoxy groups -OCH3 is 1. The van der Waals surface area contributed by atoms with E-state index < -0.39 is 10.0 Å². The van der Waals surface area contributed by atoms with Crippen LogP contribution in [0.25, 0.3) is 0 Å². The van der Waals surface area contributed by atoms with Crippen molar-refractivity contribution < 1.29 is 17.9 Å². The summed E-state index contributed by atoms with van der Waals surface area (Å²) in [6.07, 6.45) is 0. The molecule has 0 aromatic heterocycles. The molecule has 3 aromatic carbocycles. The van der Waals surface area contributed by atoms with Gasteiger partial charge in [-0.05, 0) is 67.4 Å². The van der Waals surface area contributed by atoms with E-state index in [0.717, 1.165) is 21.1 Å². The van der Waals surface area contributed by atoms with Crippen LogP contribution in [0.5, 0.6) is 5.75 Å². The van der Waals surface area contributed by atoms with E-state index in [4.69, 9.17) is 4.74 Å². The molecule has 0 spiro atoms. The highest BCUT2D eigenvalue weighted by atomic mass is 32.2. The Morgan fingerprint density at radius 3 is 2.30 bits per heavy atom. The number of sulfonamides is 1. The van der Waals surface area contributed by atoms with E-state index in [1.807, 2.05) is 32.0 Å². The number of hydrogen-bond acceptors (Lipinski definition) is 4. The van der Waals surface area contributed by atoms with Gasteiger partial charge in [0, 0.05) is 18.3 Å². The molecule has 3 rings (SSSR count). The van der Waals surface area contributed by atoms with E-state index in [1.165, 1.54) is 38.4 Å². The first kappa shape index (κ1) is 21.4. The molecule has 156 valence electrons. The van der Waals surface area contributed by atoms with Crippen LogP contribution in [0.3, 0.4) is 0 Å². The summed E-state index contributed by atoms with van der Waals surface area (Å²) < 4.78 is 32.5. The van der Waals surface area contributed by atoms with Crippen LogP contribution in [0.4, 0.5) is 11.4 Å². The molecule has 1 amide bonds. The molecule has 1 N–H and O–H groups in total. The van der Waals surface area contributed by atoms with E-state index in [2.05, 4.69) is 5.32 Å². The number of amides is 1. The summed E-state index contributed by atoms with van der Waals surface area (Å²) in [6.45, 7) is 3.87. The van der Waals surface area contributed by atoms with Crippen LogP contribution in [-0.2, 0) is 10.0 Å². The Morgan fingerprint density at radius 1 is 0.967 bits per heavy atom. The number of nitrogens with zero attached hydrogens (tertiary/aromatic N) is 1. The predicted octanol–water partition coefficient (Wildman–Crippen LogP) is 4.39. The molecule has 30 heavy (non-hydrogen) atoms. The standard InChI is InChI=1S/C23H24N2O4S/c1-16-9-10-17(2)20(15-16)24-23(26)18-11-13-19(14-12-18)30(27,28)25(3)21-7-5-6-8-22(21)29-4/h5-15H,1-4H3,(H,24,26). The summed E-state index contributed by atoms with van der Waals surface area (Å²) in [6, 6.07) is 18.6. The fraction of sp³-hybridized carbons (Fsp3) is 0.174. The minimum Gasteiger partial charge on any atom is -0.495 e. The monoisotopic (exact) mass is 424 g/mol. The van der Waals surface area contributed by atoms with Crippen molar-refractivity contribution in [2.45, 2.75) is 18.7 Å². The fourth-order valence-electron chi connectivity index (χ4n) is 3.02. The summed E-state index contributed by atoms with van der Waals surface area (Å²) in [5.41, 5.74) is 3.52. The first-order chi connectivity index (χ1) is 14.2. The van der Waals surface area contributed by atoms with Crippen molar-refractivity contribution in [3.8, 4) is 5.75 Å². The van der Waals surface area contributed by atoms with Crippen molar-refractivity contribution >= 4 is 27.3 Å². The topological polar surface area (TPSA) is 75.7 Å². The third-order valence-corrected chi connectivity index (χ3v) is 6.63. The minimum absolute atomic E-state index is 0.0826. The van der Waals surface area contributed by atoms with E-state index >= 15 is 0 Å². The van der Waals surface area contributed by atoms with Crippen LogP contribution in [0.1, 0.15) is 21.5 Å². The number of carbonyl (C=O) groups is 1. The van der Waals surface area contributed by atoms with Crippen molar-refractivity contribution in [2.75, 3.05) is 23.8 Å².